The molecular formula is C22H16N5NaO7S. The van der Waals surface area contributed by atoms with Crippen LogP contribution in [-0.2, 0) is 10.1 Å². The molecule has 0 fully saturated rings. The number of benzene rings is 4. The van der Waals surface area contributed by atoms with Gasteiger partial charge < -0.3 is 25.9 Å². The third-order valence-electron chi connectivity index (χ3n) is 4.89. The Kier molecular flexibility index (Phi) is 7.81. The maximum Gasteiger partial charge on any atom is 1.00 e. The number of ether oxygens (including phenoxy) is 1. The Hall–Kier alpha value is -3.75. The quantitative estimate of drug-likeness (QED) is 0.0848. The summed E-state index contributed by atoms with van der Waals surface area (Å²) in [6, 6.07) is 14.8. The standard InChI is InChI=1S/C22H17N5O7S.Na/c23-17-10-18(24)22(11-19(17)25-26-20-9-14(27(29)30)3-6-21(20)28)34-15-4-1-13-8-16(35(31,32)33)5-2-12(13)7-15;/h1-11,28H,23-24H2,(H,31,32,33);/q;+1/p-1. The first-order valence-corrected chi connectivity index (χ1v) is 11.2. The van der Waals surface area contributed by atoms with Gasteiger partial charge in [-0.05, 0) is 47.2 Å². The van der Waals surface area contributed by atoms with Crippen LogP contribution in [0.3, 0.4) is 0 Å². The van der Waals surface area contributed by atoms with E-state index in [0.717, 1.165) is 18.2 Å². The zero-order valence-corrected chi connectivity index (χ0v) is 21.5. The predicted molar refractivity (Wildman–Crippen MR) is 126 cm³/mol. The Morgan fingerprint density at radius 2 is 1.53 bits per heavy atom. The van der Waals surface area contributed by atoms with E-state index < -0.39 is 15.0 Å². The van der Waals surface area contributed by atoms with E-state index in [-0.39, 0.29) is 74.4 Å². The molecule has 0 bridgehead atoms. The van der Waals surface area contributed by atoms with Gasteiger partial charge in [-0.2, -0.15) is 0 Å². The van der Waals surface area contributed by atoms with Crippen molar-refractivity contribution in [1.82, 2.24) is 0 Å². The number of phenolic OH excluding ortho intramolecular Hbond substituents is 1. The van der Waals surface area contributed by atoms with Crippen molar-refractivity contribution >= 4 is 49.3 Å². The summed E-state index contributed by atoms with van der Waals surface area (Å²) in [6.07, 6.45) is 0. The summed E-state index contributed by atoms with van der Waals surface area (Å²) in [7, 11) is -4.58. The molecule has 0 atom stereocenters. The van der Waals surface area contributed by atoms with E-state index in [2.05, 4.69) is 10.2 Å². The number of rotatable bonds is 6. The van der Waals surface area contributed by atoms with Gasteiger partial charge in [-0.3, -0.25) is 10.1 Å². The Bertz CT molecular complexity index is 1630. The van der Waals surface area contributed by atoms with Gasteiger partial charge in [-0.25, -0.2) is 8.42 Å². The molecule has 4 aromatic rings. The predicted octanol–water partition coefficient (Wildman–Crippen LogP) is 1.73. The van der Waals surface area contributed by atoms with E-state index in [0.29, 0.717) is 16.5 Å². The molecule has 0 aliphatic rings. The smallest absolute Gasteiger partial charge is 0.744 e. The Balaban J connectivity index is 0.00000361. The van der Waals surface area contributed by atoms with Crippen molar-refractivity contribution in [2.45, 2.75) is 4.90 Å². The zero-order chi connectivity index (χ0) is 25.3. The zero-order valence-electron chi connectivity index (χ0n) is 18.7. The van der Waals surface area contributed by atoms with Crippen LogP contribution in [0, 0.1) is 10.1 Å². The number of hydrogen-bond donors (Lipinski definition) is 3. The summed E-state index contributed by atoms with van der Waals surface area (Å²) in [5.41, 5.74) is 12.0. The number of nitro groups is 1. The van der Waals surface area contributed by atoms with Crippen LogP contribution >= 0.6 is 0 Å². The van der Waals surface area contributed by atoms with Gasteiger partial charge in [0.05, 0.1) is 21.2 Å². The van der Waals surface area contributed by atoms with Crippen molar-refractivity contribution in [3.05, 3.63) is 76.8 Å². The summed E-state index contributed by atoms with van der Waals surface area (Å²) in [5, 5.41) is 29.8. The fraction of sp³-hybridized carbons (Fsp3) is 0. The van der Waals surface area contributed by atoms with E-state index in [4.69, 9.17) is 16.2 Å². The summed E-state index contributed by atoms with van der Waals surface area (Å²) >= 11 is 0. The van der Waals surface area contributed by atoms with Gasteiger partial charge in [0, 0.05) is 18.2 Å². The number of anilines is 2. The van der Waals surface area contributed by atoms with E-state index in [9.17, 15) is 28.2 Å². The van der Waals surface area contributed by atoms with Gasteiger partial charge in [0.25, 0.3) is 5.69 Å². The third-order valence-corrected chi connectivity index (χ3v) is 5.73. The minimum atomic E-state index is -4.58. The fourth-order valence-corrected chi connectivity index (χ4v) is 3.65. The van der Waals surface area contributed by atoms with Crippen LogP contribution in [0.25, 0.3) is 10.8 Å². The molecule has 0 saturated heterocycles. The number of non-ortho nitro benzene ring substituents is 1. The van der Waals surface area contributed by atoms with Crippen LogP contribution in [0.4, 0.5) is 28.4 Å². The number of nitro benzene ring substituents is 1. The monoisotopic (exact) mass is 517 g/mol. The Morgan fingerprint density at radius 3 is 2.22 bits per heavy atom. The van der Waals surface area contributed by atoms with Crippen LogP contribution in [-0.4, -0.2) is 23.0 Å². The molecule has 178 valence electrons. The summed E-state index contributed by atoms with van der Waals surface area (Å²) in [5.74, 6) is 0.217. The van der Waals surface area contributed by atoms with Crippen molar-refractivity contribution < 1.29 is 57.3 Å². The summed E-state index contributed by atoms with van der Waals surface area (Å²) in [6.45, 7) is 0. The summed E-state index contributed by atoms with van der Waals surface area (Å²) in [4.78, 5) is 9.98. The summed E-state index contributed by atoms with van der Waals surface area (Å²) < 4.78 is 39.5. The molecule has 4 aromatic carbocycles. The Morgan fingerprint density at radius 1 is 0.861 bits per heavy atom. The molecule has 0 aromatic heterocycles. The van der Waals surface area contributed by atoms with Gasteiger partial charge in [0.15, 0.2) is 5.75 Å². The minimum Gasteiger partial charge on any atom is -0.744 e. The largest absolute Gasteiger partial charge is 1.00 e. The van der Waals surface area contributed by atoms with Crippen molar-refractivity contribution in [3.63, 3.8) is 0 Å². The molecule has 0 radical (unpaired) electrons. The topological polar surface area (TPSA) is 207 Å². The normalized spacial score (nSPS) is 11.4. The van der Waals surface area contributed by atoms with Crippen LogP contribution in [0.15, 0.2) is 81.9 Å². The number of nitrogens with zero attached hydrogens (tertiary/aromatic N) is 3. The van der Waals surface area contributed by atoms with Crippen LogP contribution < -0.4 is 45.8 Å². The molecule has 0 aliphatic carbocycles. The second-order valence-electron chi connectivity index (χ2n) is 7.31. The number of hydrogen-bond acceptors (Lipinski definition) is 11. The second kappa shape index (κ2) is 10.5. The molecule has 5 N–H and O–H groups in total. The molecule has 0 unspecified atom stereocenters. The van der Waals surface area contributed by atoms with Gasteiger partial charge in [0.1, 0.15) is 33.0 Å². The average Bonchev–Trinajstić information content (AvgIpc) is 2.79. The fourth-order valence-electron chi connectivity index (χ4n) is 3.14. The number of nitrogens with two attached hydrogens (primary N) is 2. The van der Waals surface area contributed by atoms with Gasteiger partial charge in [-0.1, -0.05) is 12.1 Å². The van der Waals surface area contributed by atoms with Gasteiger partial charge in [-0.15, -0.1) is 10.2 Å². The number of aromatic hydroxyl groups is 1. The number of fused-ring (bicyclic) bond motifs is 1. The number of nitrogen functional groups attached to an aromatic ring is 2. The van der Waals surface area contributed by atoms with Crippen LogP contribution in [0.1, 0.15) is 0 Å². The molecule has 36 heavy (non-hydrogen) atoms. The molecule has 0 amide bonds. The molecular weight excluding hydrogens is 501 g/mol. The Labute approximate surface area is 226 Å². The first kappa shape index (κ1) is 26.8. The first-order chi connectivity index (χ1) is 16.5. The van der Waals surface area contributed by atoms with E-state index in [1.54, 1.807) is 18.2 Å². The van der Waals surface area contributed by atoms with Gasteiger partial charge >= 0.3 is 29.6 Å². The maximum atomic E-state index is 11.2. The molecule has 0 spiro atoms. The maximum absolute atomic E-state index is 11.2. The molecule has 4 rings (SSSR count). The number of phenols is 1. The van der Waals surface area contributed by atoms with E-state index in [1.807, 2.05) is 0 Å². The SMILES string of the molecule is Nc1cc(N)c(Oc2ccc3cc(S(=O)(=O)[O-])ccc3c2)cc1N=Nc1cc([N+](=O)[O-])ccc1O.[Na+]. The van der Waals surface area contributed by atoms with Crippen molar-refractivity contribution in [3.8, 4) is 17.2 Å². The number of azo groups is 1. The van der Waals surface area contributed by atoms with Crippen molar-refractivity contribution in [2.75, 3.05) is 11.5 Å². The van der Waals surface area contributed by atoms with Gasteiger partial charge in [0.2, 0.25) is 0 Å². The van der Waals surface area contributed by atoms with Crippen molar-refractivity contribution in [1.29, 1.82) is 0 Å². The molecule has 0 heterocycles. The average molecular weight is 517 g/mol. The van der Waals surface area contributed by atoms with E-state index >= 15 is 0 Å². The molecule has 12 nitrogen and oxygen atoms in total. The minimum absolute atomic E-state index is 0. The molecule has 14 heteroatoms. The van der Waals surface area contributed by atoms with Crippen LogP contribution in [0.2, 0.25) is 0 Å². The van der Waals surface area contributed by atoms with Crippen molar-refractivity contribution in [2.24, 2.45) is 10.2 Å². The third kappa shape index (κ3) is 5.90. The van der Waals surface area contributed by atoms with Crippen LogP contribution in [0.5, 0.6) is 17.2 Å². The molecule has 0 aliphatic heterocycles. The first-order valence-electron chi connectivity index (χ1n) is 9.77. The van der Waals surface area contributed by atoms with E-state index in [1.165, 1.54) is 30.3 Å². The molecule has 0 saturated carbocycles. The second-order valence-corrected chi connectivity index (χ2v) is 8.69.